The Morgan fingerprint density at radius 3 is 2.47 bits per heavy atom. The standard InChI is InChI=1S/C10H17N3O2/c1-5-6-7(2)12-8(3)9(14)13-10(15)11-4/h1,7-8,12H,6H2,2-4H3,(H2,11,13,14,15). The van der Waals surface area contributed by atoms with Crippen LogP contribution in [-0.4, -0.2) is 31.1 Å². The number of imide groups is 1. The van der Waals surface area contributed by atoms with Crippen molar-refractivity contribution < 1.29 is 9.59 Å². The lowest BCUT2D eigenvalue weighted by molar-refractivity contribution is -0.121. The molecule has 0 radical (unpaired) electrons. The van der Waals surface area contributed by atoms with Crippen LogP contribution < -0.4 is 16.0 Å². The molecule has 0 spiro atoms. The summed E-state index contributed by atoms with van der Waals surface area (Å²) in [6.07, 6.45) is 5.67. The monoisotopic (exact) mass is 211 g/mol. The van der Waals surface area contributed by atoms with Crippen molar-refractivity contribution in [1.82, 2.24) is 16.0 Å². The van der Waals surface area contributed by atoms with E-state index in [4.69, 9.17) is 6.42 Å². The van der Waals surface area contributed by atoms with Crippen molar-refractivity contribution in [2.75, 3.05) is 7.05 Å². The molecule has 15 heavy (non-hydrogen) atoms. The lowest BCUT2D eigenvalue weighted by Crippen LogP contribution is -2.49. The zero-order chi connectivity index (χ0) is 11.8. The normalized spacial score (nSPS) is 13.5. The largest absolute Gasteiger partial charge is 0.341 e. The molecule has 0 saturated heterocycles. The Morgan fingerprint density at radius 1 is 1.40 bits per heavy atom. The number of hydrogen-bond acceptors (Lipinski definition) is 3. The van der Waals surface area contributed by atoms with Gasteiger partial charge in [-0.25, -0.2) is 4.79 Å². The topological polar surface area (TPSA) is 70.2 Å². The summed E-state index contributed by atoms with van der Waals surface area (Å²) >= 11 is 0. The number of terminal acetylenes is 1. The molecule has 5 heteroatoms. The van der Waals surface area contributed by atoms with Crippen molar-refractivity contribution in [1.29, 1.82) is 0 Å². The molecule has 0 saturated carbocycles. The SMILES string of the molecule is C#CCC(C)NC(C)C(=O)NC(=O)NC. The van der Waals surface area contributed by atoms with E-state index in [0.29, 0.717) is 6.42 Å². The maximum absolute atomic E-state index is 11.4. The highest BCUT2D eigenvalue weighted by Gasteiger charge is 2.16. The van der Waals surface area contributed by atoms with E-state index in [1.807, 2.05) is 6.92 Å². The fourth-order valence-corrected chi connectivity index (χ4v) is 1.02. The van der Waals surface area contributed by atoms with Gasteiger partial charge in [0.15, 0.2) is 0 Å². The van der Waals surface area contributed by atoms with Crippen LogP contribution in [0.25, 0.3) is 0 Å². The van der Waals surface area contributed by atoms with Gasteiger partial charge in [-0.15, -0.1) is 12.3 Å². The molecule has 0 bridgehead atoms. The van der Waals surface area contributed by atoms with Crippen molar-refractivity contribution in [3.63, 3.8) is 0 Å². The molecule has 3 N–H and O–H groups in total. The summed E-state index contributed by atoms with van der Waals surface area (Å²) in [5.41, 5.74) is 0. The summed E-state index contributed by atoms with van der Waals surface area (Å²) in [4.78, 5) is 22.2. The van der Waals surface area contributed by atoms with E-state index in [9.17, 15) is 9.59 Å². The molecular weight excluding hydrogens is 194 g/mol. The zero-order valence-electron chi connectivity index (χ0n) is 9.26. The van der Waals surface area contributed by atoms with Gasteiger partial charge in [-0.3, -0.25) is 10.1 Å². The van der Waals surface area contributed by atoms with E-state index >= 15 is 0 Å². The molecule has 0 heterocycles. The molecule has 0 aromatic carbocycles. The van der Waals surface area contributed by atoms with Gasteiger partial charge >= 0.3 is 6.03 Å². The zero-order valence-corrected chi connectivity index (χ0v) is 9.26. The Balaban J connectivity index is 3.99. The number of carbonyl (C=O) groups excluding carboxylic acids is 2. The molecule has 2 atom stereocenters. The third kappa shape index (κ3) is 5.70. The Morgan fingerprint density at radius 2 is 2.00 bits per heavy atom. The van der Waals surface area contributed by atoms with Gasteiger partial charge in [-0.05, 0) is 13.8 Å². The first kappa shape index (κ1) is 13.5. The van der Waals surface area contributed by atoms with Crippen molar-refractivity contribution in [2.24, 2.45) is 0 Å². The van der Waals surface area contributed by atoms with Crippen LogP contribution in [0.15, 0.2) is 0 Å². The maximum Gasteiger partial charge on any atom is 0.321 e. The molecule has 0 aromatic heterocycles. The molecule has 0 rings (SSSR count). The number of hydrogen-bond donors (Lipinski definition) is 3. The minimum Gasteiger partial charge on any atom is -0.341 e. The van der Waals surface area contributed by atoms with Gasteiger partial charge < -0.3 is 10.6 Å². The van der Waals surface area contributed by atoms with Crippen molar-refractivity contribution in [2.45, 2.75) is 32.4 Å². The highest BCUT2D eigenvalue weighted by Crippen LogP contribution is 1.91. The number of urea groups is 1. The maximum atomic E-state index is 11.4. The average Bonchev–Trinajstić information content (AvgIpc) is 2.17. The second kappa shape index (κ2) is 6.85. The average molecular weight is 211 g/mol. The lowest BCUT2D eigenvalue weighted by atomic mass is 10.2. The quantitative estimate of drug-likeness (QED) is 0.565. The molecule has 2 unspecified atom stereocenters. The summed E-state index contributed by atoms with van der Waals surface area (Å²) in [6, 6.07) is -0.927. The Kier molecular flexibility index (Phi) is 6.14. The molecule has 0 aromatic rings. The van der Waals surface area contributed by atoms with Crippen molar-refractivity contribution in [3.8, 4) is 12.3 Å². The highest BCUT2D eigenvalue weighted by atomic mass is 16.2. The molecule has 84 valence electrons. The minimum absolute atomic E-state index is 0.0421. The van der Waals surface area contributed by atoms with Gasteiger partial charge in [0.05, 0.1) is 6.04 Å². The van der Waals surface area contributed by atoms with Crippen LogP contribution in [0.5, 0.6) is 0 Å². The van der Waals surface area contributed by atoms with E-state index < -0.39 is 12.1 Å². The first-order valence-corrected chi connectivity index (χ1v) is 4.73. The van der Waals surface area contributed by atoms with Gasteiger partial charge in [0.2, 0.25) is 5.91 Å². The lowest BCUT2D eigenvalue weighted by Gasteiger charge is -2.17. The van der Waals surface area contributed by atoms with Crippen LogP contribution in [0.3, 0.4) is 0 Å². The van der Waals surface area contributed by atoms with E-state index in [1.54, 1.807) is 6.92 Å². The predicted molar refractivity (Wildman–Crippen MR) is 58.1 cm³/mol. The molecule has 0 aliphatic rings. The second-order valence-corrected chi connectivity index (χ2v) is 3.27. The van der Waals surface area contributed by atoms with Crippen LogP contribution in [0.2, 0.25) is 0 Å². The van der Waals surface area contributed by atoms with Gasteiger partial charge in [-0.1, -0.05) is 0 Å². The van der Waals surface area contributed by atoms with Crippen LogP contribution >= 0.6 is 0 Å². The number of rotatable bonds is 4. The predicted octanol–water partition coefficient (Wildman–Crippen LogP) is -0.168. The van der Waals surface area contributed by atoms with Crippen LogP contribution in [-0.2, 0) is 4.79 Å². The summed E-state index contributed by atoms with van der Waals surface area (Å²) < 4.78 is 0. The summed E-state index contributed by atoms with van der Waals surface area (Å²) in [7, 11) is 1.45. The van der Waals surface area contributed by atoms with E-state index in [-0.39, 0.29) is 11.9 Å². The van der Waals surface area contributed by atoms with Crippen LogP contribution in [0.4, 0.5) is 4.79 Å². The van der Waals surface area contributed by atoms with Crippen LogP contribution in [0.1, 0.15) is 20.3 Å². The summed E-state index contributed by atoms with van der Waals surface area (Å²) in [5, 5.41) is 7.45. The third-order valence-electron chi connectivity index (χ3n) is 1.82. The first-order chi connectivity index (χ1) is 7.01. The van der Waals surface area contributed by atoms with Crippen LogP contribution in [0, 0.1) is 12.3 Å². The van der Waals surface area contributed by atoms with Gasteiger partial charge in [0.1, 0.15) is 0 Å². The smallest absolute Gasteiger partial charge is 0.321 e. The van der Waals surface area contributed by atoms with Gasteiger partial charge in [0.25, 0.3) is 0 Å². The van der Waals surface area contributed by atoms with E-state index in [0.717, 1.165) is 0 Å². The Hall–Kier alpha value is -1.54. The van der Waals surface area contributed by atoms with Crippen molar-refractivity contribution in [3.05, 3.63) is 0 Å². The molecule has 0 fully saturated rings. The minimum atomic E-state index is -0.516. The summed E-state index contributed by atoms with van der Waals surface area (Å²) in [6.45, 7) is 3.55. The molecular formula is C10H17N3O2. The highest BCUT2D eigenvalue weighted by molar-refractivity contribution is 5.96. The van der Waals surface area contributed by atoms with E-state index in [1.165, 1.54) is 7.05 Å². The molecule has 0 aliphatic carbocycles. The van der Waals surface area contributed by atoms with Gasteiger partial charge in [0, 0.05) is 19.5 Å². The second-order valence-electron chi connectivity index (χ2n) is 3.27. The van der Waals surface area contributed by atoms with Gasteiger partial charge in [-0.2, -0.15) is 0 Å². The first-order valence-electron chi connectivity index (χ1n) is 4.73. The Labute approximate surface area is 90.0 Å². The van der Waals surface area contributed by atoms with Crippen molar-refractivity contribution >= 4 is 11.9 Å². The summed E-state index contributed by atoms with van der Waals surface area (Å²) in [5.74, 6) is 2.11. The molecule has 0 aliphatic heterocycles. The fraction of sp³-hybridized carbons (Fsp3) is 0.600. The number of amides is 3. The Bertz CT molecular complexity index is 270. The fourth-order valence-electron chi connectivity index (χ4n) is 1.02. The number of nitrogens with one attached hydrogen (secondary N) is 3. The number of carbonyl (C=O) groups is 2. The third-order valence-corrected chi connectivity index (χ3v) is 1.82. The van der Waals surface area contributed by atoms with E-state index in [2.05, 4.69) is 21.9 Å². The molecule has 3 amide bonds. The molecule has 5 nitrogen and oxygen atoms in total.